The molecule has 1 fully saturated rings. The van der Waals surface area contributed by atoms with Crippen LogP contribution in [0.2, 0.25) is 0 Å². The quantitative estimate of drug-likeness (QED) is 0.777. The molecule has 0 atom stereocenters. The number of rotatable bonds is 3. The summed E-state index contributed by atoms with van der Waals surface area (Å²) in [5, 5.41) is 7.96. The van der Waals surface area contributed by atoms with Crippen LogP contribution in [0.4, 0.5) is 0 Å². The van der Waals surface area contributed by atoms with Gasteiger partial charge in [-0.05, 0) is 33.6 Å². The number of esters is 1. The molecule has 0 unspecified atom stereocenters. The van der Waals surface area contributed by atoms with E-state index in [0.717, 1.165) is 5.69 Å². The number of hydrogen-bond acceptors (Lipinski definition) is 4. The van der Waals surface area contributed by atoms with Gasteiger partial charge in [-0.2, -0.15) is 0 Å². The first-order chi connectivity index (χ1) is 8.47. The number of carbonyl (C=O) groups is 1. The van der Waals surface area contributed by atoms with Crippen LogP contribution in [0.1, 0.15) is 59.1 Å². The maximum atomic E-state index is 11.5. The molecule has 0 saturated heterocycles. The minimum Gasteiger partial charge on any atom is -0.442 e. The first kappa shape index (κ1) is 14.7. The van der Waals surface area contributed by atoms with Crippen molar-refractivity contribution >= 4 is 5.97 Å². The topological polar surface area (TPSA) is 57.0 Å². The Labute approximate surface area is 109 Å². The molecule has 1 saturated carbocycles. The molecule has 0 bridgehead atoms. The van der Waals surface area contributed by atoms with Gasteiger partial charge in [0.1, 0.15) is 0 Å². The highest BCUT2D eigenvalue weighted by molar-refractivity contribution is 5.75. The van der Waals surface area contributed by atoms with E-state index in [-0.39, 0.29) is 12.7 Å². The van der Waals surface area contributed by atoms with E-state index >= 15 is 0 Å². The van der Waals surface area contributed by atoms with Gasteiger partial charge in [-0.1, -0.05) is 19.1 Å². The number of aromatic nitrogens is 3. The average molecular weight is 253 g/mol. The third kappa shape index (κ3) is 4.13. The lowest BCUT2D eigenvalue weighted by molar-refractivity contribution is -0.157. The molecule has 2 rings (SSSR count). The fourth-order valence-electron chi connectivity index (χ4n) is 1.28. The molecule has 0 aromatic carbocycles. The predicted molar refractivity (Wildman–Crippen MR) is 68.9 cm³/mol. The molecule has 1 aromatic rings. The zero-order valence-corrected chi connectivity index (χ0v) is 11.9. The van der Waals surface area contributed by atoms with Crippen molar-refractivity contribution in [1.29, 1.82) is 0 Å². The molecule has 0 amide bonds. The molecule has 0 radical (unpaired) electrons. The highest BCUT2D eigenvalue weighted by Gasteiger charge is 2.27. The van der Waals surface area contributed by atoms with Crippen LogP contribution in [0.15, 0.2) is 6.20 Å². The number of hydrogen-bond donors (Lipinski definition) is 0. The lowest BCUT2D eigenvalue weighted by atomic mass is 9.98. The highest BCUT2D eigenvalue weighted by Crippen LogP contribution is 2.38. The van der Waals surface area contributed by atoms with Gasteiger partial charge >= 0.3 is 5.97 Å². The van der Waals surface area contributed by atoms with Crippen molar-refractivity contribution in [2.75, 3.05) is 0 Å². The fraction of sp³-hybridized carbons (Fsp3) is 0.769. The predicted octanol–water partition coefficient (Wildman–Crippen LogP) is 2.73. The van der Waals surface area contributed by atoms with Crippen LogP contribution in [0.5, 0.6) is 0 Å². The Balaban J connectivity index is 0.000000771. The van der Waals surface area contributed by atoms with E-state index in [1.165, 1.54) is 12.8 Å². The number of carbonyl (C=O) groups excluding carboxylic acids is 1. The van der Waals surface area contributed by atoms with Gasteiger partial charge in [-0.25, -0.2) is 4.68 Å². The summed E-state index contributed by atoms with van der Waals surface area (Å²) in [4.78, 5) is 11.5. The Hall–Kier alpha value is -1.39. The summed E-state index contributed by atoms with van der Waals surface area (Å²) in [6.07, 6.45) is 4.24. The van der Waals surface area contributed by atoms with E-state index in [9.17, 15) is 4.79 Å². The van der Waals surface area contributed by atoms with Crippen LogP contribution in [-0.4, -0.2) is 21.0 Å². The maximum Gasteiger partial charge on any atom is 0.313 e. The molecule has 18 heavy (non-hydrogen) atoms. The summed E-state index contributed by atoms with van der Waals surface area (Å²) >= 11 is 0. The molecule has 1 aromatic heterocycles. The van der Waals surface area contributed by atoms with Crippen molar-refractivity contribution in [3.63, 3.8) is 0 Å². The van der Waals surface area contributed by atoms with Crippen molar-refractivity contribution < 1.29 is 9.53 Å². The molecule has 1 heterocycles. The van der Waals surface area contributed by atoms with Crippen LogP contribution in [-0.2, 0) is 16.3 Å². The molecular weight excluding hydrogens is 230 g/mol. The SMILES string of the molecule is CC.CC(C)(C)C(=O)OCn1cc(C2CC2)nn1. The Morgan fingerprint density at radius 2 is 2.06 bits per heavy atom. The average Bonchev–Trinajstić information content (AvgIpc) is 3.07. The van der Waals surface area contributed by atoms with Gasteiger partial charge in [0, 0.05) is 5.92 Å². The van der Waals surface area contributed by atoms with Gasteiger partial charge in [0.25, 0.3) is 0 Å². The van der Waals surface area contributed by atoms with E-state index in [2.05, 4.69) is 10.3 Å². The van der Waals surface area contributed by atoms with Crippen molar-refractivity contribution in [2.45, 2.75) is 60.1 Å². The van der Waals surface area contributed by atoms with E-state index in [1.807, 2.05) is 40.8 Å². The molecule has 0 spiro atoms. The minimum absolute atomic E-state index is 0.149. The first-order valence-electron chi connectivity index (χ1n) is 6.54. The Kier molecular flexibility index (Phi) is 4.87. The molecule has 0 aliphatic heterocycles. The van der Waals surface area contributed by atoms with Crippen molar-refractivity contribution in [3.05, 3.63) is 11.9 Å². The fourth-order valence-corrected chi connectivity index (χ4v) is 1.28. The van der Waals surface area contributed by atoms with Crippen LogP contribution >= 0.6 is 0 Å². The molecular formula is C13H23N3O2. The summed E-state index contributed by atoms with van der Waals surface area (Å²) in [7, 11) is 0. The second kappa shape index (κ2) is 5.98. The summed E-state index contributed by atoms with van der Waals surface area (Å²) in [5.74, 6) is 0.350. The standard InChI is InChI=1S/C11H17N3O2.C2H6/c1-11(2,3)10(15)16-7-14-6-9(12-13-14)8-4-5-8;1-2/h6,8H,4-5,7H2,1-3H3;1-2H3. The second-order valence-electron chi connectivity index (χ2n) is 5.27. The summed E-state index contributed by atoms with van der Waals surface area (Å²) in [5.41, 5.74) is 0.534. The lowest BCUT2D eigenvalue weighted by Gasteiger charge is -2.15. The van der Waals surface area contributed by atoms with Crippen LogP contribution in [0.25, 0.3) is 0 Å². The van der Waals surface area contributed by atoms with Crippen LogP contribution in [0, 0.1) is 5.41 Å². The first-order valence-corrected chi connectivity index (χ1v) is 6.54. The highest BCUT2D eigenvalue weighted by atomic mass is 16.5. The lowest BCUT2D eigenvalue weighted by Crippen LogP contribution is -2.24. The smallest absolute Gasteiger partial charge is 0.313 e. The molecule has 1 aliphatic rings. The second-order valence-corrected chi connectivity index (χ2v) is 5.27. The largest absolute Gasteiger partial charge is 0.442 e. The monoisotopic (exact) mass is 253 g/mol. The Morgan fingerprint density at radius 1 is 1.44 bits per heavy atom. The summed E-state index contributed by atoms with van der Waals surface area (Å²) < 4.78 is 6.69. The van der Waals surface area contributed by atoms with Crippen LogP contribution in [0.3, 0.4) is 0 Å². The van der Waals surface area contributed by atoms with Gasteiger partial charge in [0.15, 0.2) is 6.73 Å². The molecule has 102 valence electrons. The van der Waals surface area contributed by atoms with Gasteiger partial charge in [-0.15, -0.1) is 5.10 Å². The van der Waals surface area contributed by atoms with Gasteiger partial charge in [0.2, 0.25) is 0 Å². The molecule has 1 aliphatic carbocycles. The summed E-state index contributed by atoms with van der Waals surface area (Å²) in [6, 6.07) is 0. The number of ether oxygens (including phenoxy) is 1. The molecule has 5 heteroatoms. The number of nitrogens with zero attached hydrogens (tertiary/aromatic N) is 3. The molecule has 5 nitrogen and oxygen atoms in total. The molecule has 0 N–H and O–H groups in total. The van der Waals surface area contributed by atoms with E-state index in [0.29, 0.717) is 5.92 Å². The normalized spacial score (nSPS) is 14.7. The van der Waals surface area contributed by atoms with Gasteiger partial charge in [0.05, 0.1) is 17.3 Å². The Morgan fingerprint density at radius 3 is 2.56 bits per heavy atom. The van der Waals surface area contributed by atoms with Crippen molar-refractivity contribution in [2.24, 2.45) is 5.41 Å². The van der Waals surface area contributed by atoms with Gasteiger partial charge in [-0.3, -0.25) is 4.79 Å². The van der Waals surface area contributed by atoms with E-state index in [4.69, 9.17) is 4.74 Å². The van der Waals surface area contributed by atoms with Crippen molar-refractivity contribution in [3.8, 4) is 0 Å². The minimum atomic E-state index is -0.472. The zero-order chi connectivity index (χ0) is 13.8. The van der Waals surface area contributed by atoms with Crippen molar-refractivity contribution in [1.82, 2.24) is 15.0 Å². The Bertz CT molecular complexity index is 389. The van der Waals surface area contributed by atoms with Crippen LogP contribution < -0.4 is 0 Å². The third-order valence-electron chi connectivity index (χ3n) is 2.49. The van der Waals surface area contributed by atoms with E-state index < -0.39 is 5.41 Å². The summed E-state index contributed by atoms with van der Waals surface area (Å²) in [6.45, 7) is 9.63. The third-order valence-corrected chi connectivity index (χ3v) is 2.49. The maximum absolute atomic E-state index is 11.5. The van der Waals surface area contributed by atoms with Gasteiger partial charge < -0.3 is 4.74 Å². The van der Waals surface area contributed by atoms with E-state index in [1.54, 1.807) is 4.68 Å². The zero-order valence-electron chi connectivity index (χ0n) is 11.9.